The minimum atomic E-state index is -4.20. The van der Waals surface area contributed by atoms with Crippen LogP contribution in [0.15, 0.2) is 11.5 Å². The molecule has 0 aromatic heterocycles. The van der Waals surface area contributed by atoms with E-state index < -0.39 is 17.5 Å². The van der Waals surface area contributed by atoms with Crippen molar-refractivity contribution in [1.82, 2.24) is 0 Å². The molecule has 5 heteroatoms. The van der Waals surface area contributed by atoms with Gasteiger partial charge in [0, 0.05) is 0 Å². The minimum absolute atomic E-state index is 0.231. The van der Waals surface area contributed by atoms with Gasteiger partial charge in [0.2, 0.25) is 0 Å². The summed E-state index contributed by atoms with van der Waals surface area (Å²) in [6, 6.07) is 0. The molecule has 1 aliphatic rings. The Morgan fingerprint density at radius 2 is 2.09 bits per heavy atom. The average molecular weight is 184 g/mol. The van der Waals surface area contributed by atoms with Crippen LogP contribution in [0.5, 0.6) is 0 Å². The molecule has 2 atom stereocenters. The van der Waals surface area contributed by atoms with Crippen molar-refractivity contribution >= 4 is 11.8 Å². The van der Waals surface area contributed by atoms with Gasteiger partial charge in [-0.2, -0.15) is 13.2 Å². The molecule has 0 saturated heterocycles. The SMILES string of the molecule is O[C@H]1C=CS[C@@H](C(F)(F)F)C1. The van der Waals surface area contributed by atoms with Gasteiger partial charge < -0.3 is 5.11 Å². The third-order valence-corrected chi connectivity index (χ3v) is 2.47. The van der Waals surface area contributed by atoms with Gasteiger partial charge in [0.25, 0.3) is 0 Å². The summed E-state index contributed by atoms with van der Waals surface area (Å²) in [6.45, 7) is 0. The number of thioether (sulfide) groups is 1. The zero-order valence-electron chi connectivity index (χ0n) is 5.51. The Morgan fingerprint density at radius 1 is 1.45 bits per heavy atom. The molecule has 0 spiro atoms. The van der Waals surface area contributed by atoms with Crippen LogP contribution in [0, 0.1) is 0 Å². The number of hydrogen-bond acceptors (Lipinski definition) is 2. The van der Waals surface area contributed by atoms with Gasteiger partial charge in [-0.1, -0.05) is 0 Å². The van der Waals surface area contributed by atoms with E-state index in [2.05, 4.69) is 0 Å². The Bertz CT molecular complexity index is 166. The fourth-order valence-corrected chi connectivity index (χ4v) is 1.72. The predicted octanol–water partition coefficient (Wildman–Crippen LogP) is 1.93. The van der Waals surface area contributed by atoms with E-state index in [9.17, 15) is 13.2 Å². The molecule has 0 aliphatic carbocycles. The molecular weight excluding hydrogens is 177 g/mol. The largest absolute Gasteiger partial charge is 0.400 e. The first kappa shape index (κ1) is 8.93. The molecule has 0 aromatic carbocycles. The summed E-state index contributed by atoms with van der Waals surface area (Å²) < 4.78 is 35.8. The molecule has 0 unspecified atom stereocenters. The van der Waals surface area contributed by atoms with Crippen LogP contribution in [0.1, 0.15) is 6.42 Å². The van der Waals surface area contributed by atoms with Crippen LogP contribution < -0.4 is 0 Å². The number of aliphatic hydroxyl groups is 1. The van der Waals surface area contributed by atoms with E-state index in [1.165, 1.54) is 11.5 Å². The van der Waals surface area contributed by atoms with Gasteiger partial charge in [0.05, 0.1) is 6.10 Å². The fraction of sp³-hybridized carbons (Fsp3) is 0.667. The van der Waals surface area contributed by atoms with Crippen molar-refractivity contribution in [3.63, 3.8) is 0 Å². The Hall–Kier alpha value is -0.160. The van der Waals surface area contributed by atoms with Crippen LogP contribution >= 0.6 is 11.8 Å². The Balaban J connectivity index is 2.57. The lowest BCUT2D eigenvalue weighted by atomic mass is 10.2. The molecule has 1 heterocycles. The minimum Gasteiger partial charge on any atom is -0.389 e. The topological polar surface area (TPSA) is 20.2 Å². The molecule has 0 saturated carbocycles. The van der Waals surface area contributed by atoms with Gasteiger partial charge in [-0.15, -0.1) is 11.8 Å². The summed E-state index contributed by atoms with van der Waals surface area (Å²) in [7, 11) is 0. The lowest BCUT2D eigenvalue weighted by molar-refractivity contribution is -0.133. The van der Waals surface area contributed by atoms with Gasteiger partial charge in [-0.25, -0.2) is 0 Å². The van der Waals surface area contributed by atoms with E-state index >= 15 is 0 Å². The molecule has 0 bridgehead atoms. The molecule has 11 heavy (non-hydrogen) atoms. The summed E-state index contributed by atoms with van der Waals surface area (Å²) in [5.74, 6) is 0. The fourth-order valence-electron chi connectivity index (χ4n) is 0.795. The van der Waals surface area contributed by atoms with Crippen molar-refractivity contribution in [3.8, 4) is 0 Å². The summed E-state index contributed by atoms with van der Waals surface area (Å²) in [6.07, 6.45) is -4.00. The van der Waals surface area contributed by atoms with Crippen LogP contribution in [-0.4, -0.2) is 22.6 Å². The molecule has 64 valence electrons. The lowest BCUT2D eigenvalue weighted by Crippen LogP contribution is -2.30. The van der Waals surface area contributed by atoms with E-state index in [0.29, 0.717) is 11.8 Å². The smallest absolute Gasteiger partial charge is 0.389 e. The van der Waals surface area contributed by atoms with Gasteiger partial charge in [0.1, 0.15) is 5.25 Å². The maximum absolute atomic E-state index is 11.9. The number of aliphatic hydroxyl groups excluding tert-OH is 1. The van der Waals surface area contributed by atoms with Crippen LogP contribution in [0.2, 0.25) is 0 Å². The van der Waals surface area contributed by atoms with Crippen LogP contribution in [-0.2, 0) is 0 Å². The van der Waals surface area contributed by atoms with Crippen molar-refractivity contribution in [3.05, 3.63) is 11.5 Å². The molecule has 0 aromatic rings. The standard InChI is InChI=1S/C6H7F3OS/c7-6(8,9)5-3-4(10)1-2-11-5/h1-2,4-5,10H,3H2/t4-,5+/m0/s1. The predicted molar refractivity (Wildman–Crippen MR) is 37.2 cm³/mol. The van der Waals surface area contributed by atoms with E-state index in [-0.39, 0.29) is 6.42 Å². The van der Waals surface area contributed by atoms with Crippen molar-refractivity contribution in [2.45, 2.75) is 24.0 Å². The quantitative estimate of drug-likeness (QED) is 0.620. The Morgan fingerprint density at radius 3 is 2.45 bits per heavy atom. The molecule has 1 aliphatic heterocycles. The highest BCUT2D eigenvalue weighted by atomic mass is 32.2. The Kier molecular flexibility index (Phi) is 2.49. The Labute approximate surface area is 66.3 Å². The number of alkyl halides is 3. The van der Waals surface area contributed by atoms with Crippen molar-refractivity contribution in [2.75, 3.05) is 0 Å². The first-order chi connectivity index (χ1) is 5.00. The zero-order chi connectivity index (χ0) is 8.48. The van der Waals surface area contributed by atoms with Crippen molar-refractivity contribution in [2.24, 2.45) is 0 Å². The molecule has 1 nitrogen and oxygen atoms in total. The zero-order valence-corrected chi connectivity index (χ0v) is 6.32. The lowest BCUT2D eigenvalue weighted by Gasteiger charge is -2.22. The molecule has 1 rings (SSSR count). The van der Waals surface area contributed by atoms with Gasteiger partial charge in [-0.05, 0) is 17.9 Å². The molecule has 0 amide bonds. The van der Waals surface area contributed by atoms with Gasteiger partial charge in [0.15, 0.2) is 0 Å². The molecule has 1 N–H and O–H groups in total. The summed E-state index contributed by atoms with van der Waals surface area (Å²) in [4.78, 5) is 0. The van der Waals surface area contributed by atoms with Crippen molar-refractivity contribution in [1.29, 1.82) is 0 Å². The van der Waals surface area contributed by atoms with E-state index in [0.717, 1.165) is 0 Å². The maximum Gasteiger partial charge on any atom is 0.400 e. The van der Waals surface area contributed by atoms with Gasteiger partial charge >= 0.3 is 6.18 Å². The van der Waals surface area contributed by atoms with Crippen LogP contribution in [0.3, 0.4) is 0 Å². The first-order valence-electron chi connectivity index (χ1n) is 3.07. The first-order valence-corrected chi connectivity index (χ1v) is 4.01. The maximum atomic E-state index is 11.9. The normalized spacial score (nSPS) is 32.4. The van der Waals surface area contributed by atoms with Crippen LogP contribution in [0.25, 0.3) is 0 Å². The summed E-state index contributed by atoms with van der Waals surface area (Å²) in [5.41, 5.74) is 0. The van der Waals surface area contributed by atoms with E-state index in [1.807, 2.05) is 0 Å². The number of rotatable bonds is 0. The monoisotopic (exact) mass is 184 g/mol. The number of halogens is 3. The second-order valence-electron chi connectivity index (χ2n) is 2.30. The molecular formula is C6H7F3OS. The molecule has 0 fully saturated rings. The number of hydrogen-bond donors (Lipinski definition) is 1. The highest BCUT2D eigenvalue weighted by Crippen LogP contribution is 2.36. The average Bonchev–Trinajstić information content (AvgIpc) is 1.86. The third-order valence-electron chi connectivity index (χ3n) is 1.36. The van der Waals surface area contributed by atoms with Gasteiger partial charge in [-0.3, -0.25) is 0 Å². The second-order valence-corrected chi connectivity index (χ2v) is 3.41. The van der Waals surface area contributed by atoms with Crippen LogP contribution in [0.4, 0.5) is 13.2 Å². The summed E-state index contributed by atoms with van der Waals surface area (Å²) >= 11 is 0.708. The van der Waals surface area contributed by atoms with E-state index in [4.69, 9.17) is 5.11 Å². The molecule has 0 radical (unpaired) electrons. The van der Waals surface area contributed by atoms with Crippen molar-refractivity contribution < 1.29 is 18.3 Å². The highest BCUT2D eigenvalue weighted by Gasteiger charge is 2.41. The van der Waals surface area contributed by atoms with E-state index in [1.54, 1.807) is 0 Å². The summed E-state index contributed by atoms with van der Waals surface area (Å²) in [5, 5.41) is 8.70. The third kappa shape index (κ3) is 2.41. The second kappa shape index (κ2) is 3.06. The highest BCUT2D eigenvalue weighted by molar-refractivity contribution is 8.02.